The van der Waals surface area contributed by atoms with Gasteiger partial charge in [0.15, 0.2) is 0 Å². The monoisotopic (exact) mass is 351 g/mol. The number of nitrogens with zero attached hydrogens (tertiary/aromatic N) is 1. The van der Waals surface area contributed by atoms with Crippen molar-refractivity contribution in [3.63, 3.8) is 0 Å². The Morgan fingerprint density at radius 1 is 1.00 bits per heavy atom. The molecule has 1 amide bonds. The van der Waals surface area contributed by atoms with Crippen molar-refractivity contribution in [1.82, 2.24) is 4.90 Å². The van der Waals surface area contributed by atoms with Gasteiger partial charge >= 0.3 is 12.3 Å². The minimum absolute atomic E-state index is 0.0613. The molecular weight excluding hydrogens is 335 g/mol. The minimum atomic E-state index is -5.09. The maximum atomic E-state index is 13.1. The topological polar surface area (TPSA) is 46.6 Å². The number of carbonyl (C=O) groups excluding carboxylic acids is 2. The molecule has 0 spiro atoms. The highest BCUT2D eigenvalue weighted by Crippen LogP contribution is 2.32. The lowest BCUT2D eigenvalue weighted by atomic mass is 10.00. The number of hydrogen-bond donors (Lipinski definition) is 0. The number of amides is 1. The maximum absolute atomic E-state index is 13.1. The fourth-order valence-corrected chi connectivity index (χ4v) is 2.42. The van der Waals surface area contributed by atoms with Crippen molar-refractivity contribution in [2.24, 2.45) is 0 Å². The third-order valence-corrected chi connectivity index (χ3v) is 3.56. The van der Waals surface area contributed by atoms with E-state index in [2.05, 4.69) is 4.74 Å². The Morgan fingerprint density at radius 2 is 1.52 bits per heavy atom. The number of Topliss-reactive ketones (excluding diaryl/α,β-unsaturated/α-hetero) is 1. The van der Waals surface area contributed by atoms with Crippen molar-refractivity contribution < 1.29 is 27.5 Å². The zero-order chi connectivity index (χ0) is 18.4. The molecule has 132 valence electrons. The van der Waals surface area contributed by atoms with Gasteiger partial charge in [-0.15, -0.1) is 0 Å². The maximum Gasteiger partial charge on any atom is 0.452 e. The van der Waals surface area contributed by atoms with Crippen molar-refractivity contribution in [2.75, 3.05) is 7.11 Å². The van der Waals surface area contributed by atoms with E-state index < -0.39 is 24.1 Å². The first-order valence-electron chi connectivity index (χ1n) is 7.39. The Labute approximate surface area is 142 Å². The summed E-state index contributed by atoms with van der Waals surface area (Å²) < 4.78 is 44.0. The molecule has 0 aliphatic carbocycles. The van der Waals surface area contributed by atoms with E-state index in [9.17, 15) is 22.8 Å². The summed E-state index contributed by atoms with van der Waals surface area (Å²) in [6.45, 7) is -0.200. The predicted octanol–water partition coefficient (Wildman–Crippen LogP) is 4.13. The van der Waals surface area contributed by atoms with Crippen LogP contribution < -0.4 is 0 Å². The van der Waals surface area contributed by atoms with Gasteiger partial charge in [-0.3, -0.25) is 9.69 Å². The second-order valence-corrected chi connectivity index (χ2v) is 5.26. The summed E-state index contributed by atoms with van der Waals surface area (Å²) in [5, 5.41) is 0. The molecule has 0 aliphatic rings. The van der Waals surface area contributed by atoms with Gasteiger partial charge in [0.1, 0.15) is 6.04 Å². The molecule has 0 N–H and O–H groups in total. The van der Waals surface area contributed by atoms with Gasteiger partial charge in [-0.25, -0.2) is 4.79 Å². The van der Waals surface area contributed by atoms with Crippen LogP contribution in [0.2, 0.25) is 0 Å². The molecule has 0 aliphatic heterocycles. The summed E-state index contributed by atoms with van der Waals surface area (Å²) in [5.41, 5.74) is 0.634. The summed E-state index contributed by atoms with van der Waals surface area (Å²) in [5.74, 6) is -2.03. The fraction of sp³-hybridized carbons (Fsp3) is 0.222. The summed E-state index contributed by atoms with van der Waals surface area (Å²) in [7, 11) is 1.06. The van der Waals surface area contributed by atoms with Gasteiger partial charge in [0.25, 0.3) is 5.78 Å². The summed E-state index contributed by atoms with van der Waals surface area (Å²) in [6.07, 6.45) is -6.11. The highest BCUT2D eigenvalue weighted by molar-refractivity contribution is 5.92. The lowest BCUT2D eigenvalue weighted by Crippen LogP contribution is -2.43. The molecule has 0 aromatic heterocycles. The zero-order valence-corrected chi connectivity index (χ0v) is 13.4. The third-order valence-electron chi connectivity index (χ3n) is 3.56. The molecule has 4 nitrogen and oxygen atoms in total. The first kappa shape index (κ1) is 18.5. The largest absolute Gasteiger partial charge is 0.453 e. The van der Waals surface area contributed by atoms with E-state index in [0.29, 0.717) is 5.56 Å². The van der Waals surface area contributed by atoms with Gasteiger partial charge in [0.05, 0.1) is 13.7 Å². The number of methoxy groups -OCH3 is 1. The average Bonchev–Trinajstić information content (AvgIpc) is 2.61. The lowest BCUT2D eigenvalue weighted by molar-refractivity contribution is -0.176. The normalized spacial score (nSPS) is 12.3. The summed E-state index contributed by atoms with van der Waals surface area (Å²) >= 11 is 0. The van der Waals surface area contributed by atoms with Crippen LogP contribution in [0, 0.1) is 0 Å². The lowest BCUT2D eigenvalue weighted by Gasteiger charge is -2.30. The zero-order valence-electron chi connectivity index (χ0n) is 13.4. The SMILES string of the molecule is COC(=O)N(Cc1ccccc1)C(C(=O)C(F)(F)F)c1ccccc1. The molecule has 0 radical (unpaired) electrons. The average molecular weight is 351 g/mol. The molecule has 0 bridgehead atoms. The van der Waals surface area contributed by atoms with Gasteiger partial charge in [0, 0.05) is 0 Å². The molecular formula is C18H16F3NO3. The first-order chi connectivity index (χ1) is 11.8. The number of ether oxygens (including phenoxy) is 1. The Kier molecular flexibility index (Phi) is 5.80. The van der Waals surface area contributed by atoms with Crippen molar-refractivity contribution in [1.29, 1.82) is 0 Å². The molecule has 0 saturated carbocycles. The van der Waals surface area contributed by atoms with Crippen LogP contribution in [0.5, 0.6) is 0 Å². The Morgan fingerprint density at radius 3 is 2.00 bits per heavy atom. The molecule has 1 unspecified atom stereocenters. The molecule has 7 heteroatoms. The van der Waals surface area contributed by atoms with Crippen LogP contribution >= 0.6 is 0 Å². The first-order valence-corrected chi connectivity index (χ1v) is 7.39. The number of alkyl halides is 3. The van der Waals surface area contributed by atoms with E-state index in [1.165, 1.54) is 24.3 Å². The van der Waals surface area contributed by atoms with Crippen LogP contribution in [0.1, 0.15) is 17.2 Å². The number of carbonyl (C=O) groups is 2. The molecule has 1 atom stereocenters. The Bertz CT molecular complexity index is 717. The predicted molar refractivity (Wildman–Crippen MR) is 84.6 cm³/mol. The van der Waals surface area contributed by atoms with Crippen LogP contribution in [0.4, 0.5) is 18.0 Å². The molecule has 2 aromatic carbocycles. The fourth-order valence-electron chi connectivity index (χ4n) is 2.42. The van der Waals surface area contributed by atoms with E-state index in [1.807, 2.05) is 0 Å². The van der Waals surface area contributed by atoms with Crippen molar-refractivity contribution >= 4 is 11.9 Å². The highest BCUT2D eigenvalue weighted by atomic mass is 19.4. The Balaban J connectivity index is 2.49. The second kappa shape index (κ2) is 7.83. The second-order valence-electron chi connectivity index (χ2n) is 5.26. The van der Waals surface area contributed by atoms with Crippen molar-refractivity contribution in [2.45, 2.75) is 18.8 Å². The van der Waals surface area contributed by atoms with Gasteiger partial charge < -0.3 is 4.74 Å². The highest BCUT2D eigenvalue weighted by Gasteiger charge is 2.47. The van der Waals surface area contributed by atoms with Crippen molar-refractivity contribution in [3.8, 4) is 0 Å². The number of rotatable bonds is 5. The van der Waals surface area contributed by atoms with Gasteiger partial charge in [-0.2, -0.15) is 13.2 Å². The molecule has 0 fully saturated rings. The van der Waals surface area contributed by atoms with Crippen LogP contribution in [0.25, 0.3) is 0 Å². The van der Waals surface area contributed by atoms with E-state index in [-0.39, 0.29) is 12.1 Å². The van der Waals surface area contributed by atoms with E-state index in [0.717, 1.165) is 12.0 Å². The number of benzene rings is 2. The van der Waals surface area contributed by atoms with E-state index >= 15 is 0 Å². The van der Waals surface area contributed by atoms with Gasteiger partial charge in [-0.1, -0.05) is 60.7 Å². The summed E-state index contributed by atoms with van der Waals surface area (Å²) in [4.78, 5) is 25.0. The molecule has 2 rings (SSSR count). The molecule has 2 aromatic rings. The van der Waals surface area contributed by atoms with Crippen molar-refractivity contribution in [3.05, 3.63) is 71.8 Å². The number of ketones is 1. The number of hydrogen-bond acceptors (Lipinski definition) is 3. The van der Waals surface area contributed by atoms with Crippen LogP contribution in [-0.4, -0.2) is 30.1 Å². The standard InChI is InChI=1S/C18H16F3NO3/c1-25-17(24)22(12-13-8-4-2-5-9-13)15(16(23)18(19,20)21)14-10-6-3-7-11-14/h2-11,15H,12H2,1H3. The quantitative estimate of drug-likeness (QED) is 0.814. The van der Waals surface area contributed by atoms with Crippen LogP contribution in [0.3, 0.4) is 0 Å². The smallest absolute Gasteiger partial charge is 0.452 e. The third kappa shape index (κ3) is 4.59. The minimum Gasteiger partial charge on any atom is -0.453 e. The Hall–Kier alpha value is -2.83. The molecule has 0 heterocycles. The van der Waals surface area contributed by atoms with Crippen LogP contribution in [0.15, 0.2) is 60.7 Å². The van der Waals surface area contributed by atoms with E-state index in [1.54, 1.807) is 36.4 Å². The van der Waals surface area contributed by atoms with Gasteiger partial charge in [0.2, 0.25) is 0 Å². The van der Waals surface area contributed by atoms with E-state index in [4.69, 9.17) is 0 Å². The van der Waals surface area contributed by atoms with Gasteiger partial charge in [-0.05, 0) is 11.1 Å². The molecule has 25 heavy (non-hydrogen) atoms. The summed E-state index contributed by atoms with van der Waals surface area (Å²) in [6, 6.07) is 13.9. The number of halogens is 3. The van der Waals surface area contributed by atoms with Crippen LogP contribution in [-0.2, 0) is 16.1 Å². The molecule has 0 saturated heterocycles.